The molecule has 4 rings (SSSR count). The summed E-state index contributed by atoms with van der Waals surface area (Å²) in [6, 6.07) is 17.2. The van der Waals surface area contributed by atoms with E-state index in [4.69, 9.17) is 4.55 Å². The van der Waals surface area contributed by atoms with Gasteiger partial charge in [0.25, 0.3) is 10.1 Å². The van der Waals surface area contributed by atoms with Gasteiger partial charge < -0.3 is 15.5 Å². The van der Waals surface area contributed by atoms with Gasteiger partial charge in [-0.2, -0.15) is 8.42 Å². The number of aliphatic hydroxyl groups is 2. The molecule has 0 fully saturated rings. The van der Waals surface area contributed by atoms with Crippen LogP contribution >= 0.6 is 11.3 Å². The average molecular weight is 448 g/mol. The molecule has 0 aliphatic rings. The van der Waals surface area contributed by atoms with Crippen LogP contribution in [-0.4, -0.2) is 48.2 Å². The van der Waals surface area contributed by atoms with Gasteiger partial charge in [0, 0.05) is 16.6 Å². The molecule has 4 N–H and O–H groups in total. The Kier molecular flexibility index (Phi) is 6.76. The number of hydrogen-bond acceptors (Lipinski definition) is 6. The molecule has 0 aliphatic heterocycles. The van der Waals surface area contributed by atoms with Gasteiger partial charge in [-0.25, -0.2) is 0 Å². The molecule has 3 aromatic carbocycles. The van der Waals surface area contributed by atoms with E-state index >= 15 is 0 Å². The molecule has 0 saturated heterocycles. The van der Waals surface area contributed by atoms with Gasteiger partial charge in [-0.15, -0.1) is 11.3 Å². The van der Waals surface area contributed by atoms with Crippen LogP contribution in [0.2, 0.25) is 0 Å². The minimum absolute atomic E-state index is 0.107. The SMILES string of the molecule is CC(CO)(CO)NCc1cc2c(ccc3ccsc32)c2ccccc12.CS(=O)(=O)O. The molecule has 0 spiro atoms. The highest BCUT2D eigenvalue weighted by molar-refractivity contribution is 7.85. The van der Waals surface area contributed by atoms with Crippen LogP contribution in [0.25, 0.3) is 31.6 Å². The molecule has 0 unspecified atom stereocenters. The van der Waals surface area contributed by atoms with Crippen molar-refractivity contribution in [1.82, 2.24) is 5.32 Å². The summed E-state index contributed by atoms with van der Waals surface area (Å²) in [6.07, 6.45) is 0.715. The third-order valence-corrected chi connectivity index (χ3v) is 5.91. The van der Waals surface area contributed by atoms with Crippen LogP contribution in [0.5, 0.6) is 0 Å². The molecule has 1 aromatic heterocycles. The van der Waals surface area contributed by atoms with Gasteiger partial charge in [0.1, 0.15) is 0 Å². The molecular weight excluding hydrogens is 422 g/mol. The third-order valence-electron chi connectivity index (χ3n) is 4.95. The number of nitrogens with one attached hydrogen (secondary N) is 1. The lowest BCUT2D eigenvalue weighted by atomic mass is 9.95. The maximum atomic E-state index is 9.54. The van der Waals surface area contributed by atoms with E-state index in [1.807, 2.05) is 6.92 Å². The van der Waals surface area contributed by atoms with E-state index in [1.165, 1.54) is 37.2 Å². The predicted octanol–water partition coefficient (Wildman–Crippen LogP) is 3.54. The predicted molar refractivity (Wildman–Crippen MR) is 124 cm³/mol. The van der Waals surface area contributed by atoms with Crippen LogP contribution in [0.1, 0.15) is 12.5 Å². The molecule has 8 heteroatoms. The summed E-state index contributed by atoms with van der Waals surface area (Å²) in [4.78, 5) is 0. The quantitative estimate of drug-likeness (QED) is 0.275. The van der Waals surface area contributed by atoms with Crippen molar-refractivity contribution in [1.29, 1.82) is 0 Å². The van der Waals surface area contributed by atoms with E-state index in [2.05, 4.69) is 59.2 Å². The molecular formula is C22H25NO5S2. The number of hydrogen-bond donors (Lipinski definition) is 4. The van der Waals surface area contributed by atoms with E-state index in [-0.39, 0.29) is 13.2 Å². The molecule has 6 nitrogen and oxygen atoms in total. The van der Waals surface area contributed by atoms with E-state index in [0.29, 0.717) is 12.8 Å². The van der Waals surface area contributed by atoms with Gasteiger partial charge in [-0.05, 0) is 51.5 Å². The minimum Gasteiger partial charge on any atom is -0.394 e. The summed E-state index contributed by atoms with van der Waals surface area (Å²) in [7, 11) is -3.67. The first-order valence-corrected chi connectivity index (χ1v) is 12.1. The Hall–Kier alpha value is -2.07. The Bertz CT molecular complexity index is 1270. The largest absolute Gasteiger partial charge is 0.394 e. The first-order chi connectivity index (χ1) is 14.1. The van der Waals surface area contributed by atoms with Crippen molar-refractivity contribution in [2.75, 3.05) is 19.5 Å². The molecule has 0 saturated carbocycles. The van der Waals surface area contributed by atoms with Crippen LogP contribution in [0.4, 0.5) is 0 Å². The maximum absolute atomic E-state index is 9.54. The van der Waals surface area contributed by atoms with Gasteiger partial charge in [-0.1, -0.05) is 36.4 Å². The summed E-state index contributed by atoms with van der Waals surface area (Å²) in [6.45, 7) is 2.21. The Morgan fingerprint density at radius 1 is 0.967 bits per heavy atom. The van der Waals surface area contributed by atoms with E-state index in [1.54, 1.807) is 11.3 Å². The van der Waals surface area contributed by atoms with Crippen LogP contribution in [0, 0.1) is 0 Å². The second kappa shape index (κ2) is 8.97. The van der Waals surface area contributed by atoms with Crippen molar-refractivity contribution < 1.29 is 23.2 Å². The van der Waals surface area contributed by atoms with Crippen LogP contribution in [0.15, 0.2) is 53.9 Å². The van der Waals surface area contributed by atoms with Crippen molar-refractivity contribution in [2.24, 2.45) is 0 Å². The van der Waals surface area contributed by atoms with Crippen molar-refractivity contribution >= 4 is 53.1 Å². The number of thiophene rings is 1. The molecule has 30 heavy (non-hydrogen) atoms. The standard InChI is InChI=1S/C21H21NO2S.CH4O3S/c1-21(12-23,13-24)22-11-15-10-19-18(17-5-3-2-4-16(15)17)7-6-14-8-9-25-20(14)19;1-5(2,3)4/h2-10,22-24H,11-13H2,1H3;1H3,(H,2,3,4). The first-order valence-electron chi connectivity index (χ1n) is 9.35. The number of benzene rings is 3. The second-order valence-corrected chi connectivity index (χ2v) is 9.93. The molecule has 0 radical (unpaired) electrons. The summed E-state index contributed by atoms with van der Waals surface area (Å²) in [5, 5.41) is 30.8. The number of fused-ring (bicyclic) bond motifs is 5. The van der Waals surface area contributed by atoms with E-state index in [0.717, 1.165) is 0 Å². The highest BCUT2D eigenvalue weighted by Crippen LogP contribution is 2.35. The molecule has 0 aliphatic carbocycles. The monoisotopic (exact) mass is 447 g/mol. The Labute approximate surface area is 179 Å². The Morgan fingerprint density at radius 3 is 2.20 bits per heavy atom. The second-order valence-electron chi connectivity index (χ2n) is 7.54. The van der Waals surface area contributed by atoms with Crippen molar-refractivity contribution in [3.8, 4) is 0 Å². The molecule has 0 atom stereocenters. The zero-order chi connectivity index (χ0) is 21.9. The Balaban J connectivity index is 0.000000461. The fourth-order valence-electron chi connectivity index (χ4n) is 3.30. The highest BCUT2D eigenvalue weighted by atomic mass is 32.2. The minimum atomic E-state index is -3.67. The lowest BCUT2D eigenvalue weighted by Gasteiger charge is -2.26. The number of rotatable bonds is 5. The van der Waals surface area contributed by atoms with Crippen LogP contribution in [-0.2, 0) is 16.7 Å². The molecule has 0 amide bonds. The van der Waals surface area contributed by atoms with Gasteiger partial charge in [-0.3, -0.25) is 4.55 Å². The zero-order valence-corrected chi connectivity index (χ0v) is 18.4. The van der Waals surface area contributed by atoms with Gasteiger partial charge in [0.2, 0.25) is 0 Å². The molecule has 160 valence electrons. The molecule has 4 aromatic rings. The fourth-order valence-corrected chi connectivity index (χ4v) is 4.22. The normalized spacial score (nSPS) is 12.3. The van der Waals surface area contributed by atoms with Crippen molar-refractivity contribution in [2.45, 2.75) is 19.0 Å². The van der Waals surface area contributed by atoms with Crippen LogP contribution < -0.4 is 5.32 Å². The molecule has 0 bridgehead atoms. The van der Waals surface area contributed by atoms with Gasteiger partial charge in [0.15, 0.2) is 0 Å². The lowest BCUT2D eigenvalue weighted by molar-refractivity contribution is 0.103. The summed E-state index contributed by atoms with van der Waals surface area (Å²) >= 11 is 1.77. The van der Waals surface area contributed by atoms with Gasteiger partial charge in [0.05, 0.1) is 25.0 Å². The van der Waals surface area contributed by atoms with E-state index < -0.39 is 15.7 Å². The Morgan fingerprint density at radius 2 is 1.57 bits per heavy atom. The fraction of sp³-hybridized carbons (Fsp3) is 0.273. The van der Waals surface area contributed by atoms with Crippen LogP contribution in [0.3, 0.4) is 0 Å². The third kappa shape index (κ3) is 5.15. The van der Waals surface area contributed by atoms with Gasteiger partial charge >= 0.3 is 0 Å². The van der Waals surface area contributed by atoms with E-state index in [9.17, 15) is 18.6 Å². The summed E-state index contributed by atoms with van der Waals surface area (Å²) < 4.78 is 27.2. The summed E-state index contributed by atoms with van der Waals surface area (Å²) in [5.74, 6) is 0. The zero-order valence-electron chi connectivity index (χ0n) is 16.8. The average Bonchev–Trinajstić information content (AvgIpc) is 3.20. The lowest BCUT2D eigenvalue weighted by Crippen LogP contribution is -2.48. The smallest absolute Gasteiger partial charge is 0.261 e. The van der Waals surface area contributed by atoms with Crippen molar-refractivity contribution in [3.05, 3.63) is 59.5 Å². The van der Waals surface area contributed by atoms with Crippen molar-refractivity contribution in [3.63, 3.8) is 0 Å². The summed E-state index contributed by atoms with van der Waals surface area (Å²) in [5.41, 5.74) is 0.488. The molecule has 1 heterocycles. The number of aliphatic hydroxyl groups excluding tert-OH is 2. The first kappa shape index (κ1) is 22.6. The topological polar surface area (TPSA) is 107 Å². The maximum Gasteiger partial charge on any atom is 0.261 e. The highest BCUT2D eigenvalue weighted by Gasteiger charge is 2.21.